The molecule has 0 bridgehead atoms. The summed E-state index contributed by atoms with van der Waals surface area (Å²) in [6.07, 6.45) is 0.161. The summed E-state index contributed by atoms with van der Waals surface area (Å²) in [5.74, 6) is -0.111. The summed E-state index contributed by atoms with van der Waals surface area (Å²) >= 11 is 0. The number of nitrogens with two attached hydrogens (primary N) is 1. The highest BCUT2D eigenvalue weighted by molar-refractivity contribution is 7.86. The number of hydrogen-bond donors (Lipinski definition) is 2. The van der Waals surface area contributed by atoms with Gasteiger partial charge in [-0.25, -0.2) is 4.79 Å². The van der Waals surface area contributed by atoms with Gasteiger partial charge in [-0.05, 0) is 7.05 Å². The Hall–Kier alpha value is -1.43. The van der Waals surface area contributed by atoms with E-state index in [9.17, 15) is 18.0 Å². The number of piperazine rings is 2. The molecule has 2 heterocycles. The summed E-state index contributed by atoms with van der Waals surface area (Å²) in [6.45, 7) is 3.95. The van der Waals surface area contributed by atoms with Gasteiger partial charge in [0.15, 0.2) is 0 Å². The van der Waals surface area contributed by atoms with Crippen LogP contribution in [0.4, 0.5) is 4.79 Å². The second kappa shape index (κ2) is 8.10. The average molecular weight is 362 g/mol. The number of carbonyl (C=O) groups is 2. The van der Waals surface area contributed by atoms with Crippen LogP contribution < -0.4 is 11.1 Å². The van der Waals surface area contributed by atoms with Crippen molar-refractivity contribution < 1.29 is 18.0 Å². The van der Waals surface area contributed by atoms with E-state index >= 15 is 0 Å². The van der Waals surface area contributed by atoms with Gasteiger partial charge in [-0.2, -0.15) is 17.0 Å². The Bertz CT molecular complexity index is 553. The zero-order valence-corrected chi connectivity index (χ0v) is 14.8. The molecule has 2 fully saturated rings. The molecule has 0 saturated carbocycles. The van der Waals surface area contributed by atoms with Crippen LogP contribution in [-0.4, -0.2) is 105 Å². The molecular weight excluding hydrogens is 336 g/mol. The molecule has 0 aliphatic carbocycles. The molecule has 2 rings (SSSR count). The molecule has 3 N–H and O–H groups in total. The molecule has 10 nitrogen and oxygen atoms in total. The molecular formula is C13H26N6O4S. The summed E-state index contributed by atoms with van der Waals surface area (Å²) < 4.78 is 28.2. The van der Waals surface area contributed by atoms with Crippen molar-refractivity contribution in [3.05, 3.63) is 0 Å². The van der Waals surface area contributed by atoms with Crippen LogP contribution in [0.5, 0.6) is 0 Å². The number of urea groups is 1. The summed E-state index contributed by atoms with van der Waals surface area (Å²) in [6, 6.07) is -0.661. The normalized spacial score (nSPS) is 21.6. The molecule has 138 valence electrons. The number of carbonyl (C=O) groups excluding carboxylic acids is 2. The van der Waals surface area contributed by atoms with Crippen molar-refractivity contribution in [3.63, 3.8) is 0 Å². The molecule has 0 spiro atoms. The first-order valence-electron chi connectivity index (χ1n) is 8.05. The van der Waals surface area contributed by atoms with Crippen molar-refractivity contribution in [1.29, 1.82) is 0 Å². The first kappa shape index (κ1) is 18.9. The van der Waals surface area contributed by atoms with Crippen molar-refractivity contribution >= 4 is 22.1 Å². The molecule has 0 aromatic carbocycles. The minimum Gasteiger partial charge on any atom is -0.352 e. The van der Waals surface area contributed by atoms with Crippen molar-refractivity contribution in [2.45, 2.75) is 6.42 Å². The predicted molar refractivity (Wildman–Crippen MR) is 88.3 cm³/mol. The highest BCUT2D eigenvalue weighted by Crippen LogP contribution is 2.14. The number of nitrogens with one attached hydrogen (secondary N) is 1. The van der Waals surface area contributed by atoms with E-state index in [4.69, 9.17) is 5.73 Å². The zero-order valence-electron chi connectivity index (χ0n) is 14.0. The Labute approximate surface area is 142 Å². The number of hydrogen-bond acceptors (Lipinski definition) is 5. The first-order valence-corrected chi connectivity index (χ1v) is 9.45. The van der Waals surface area contributed by atoms with Crippen LogP contribution in [0, 0.1) is 0 Å². The quantitative estimate of drug-likeness (QED) is 0.569. The van der Waals surface area contributed by atoms with Crippen LogP contribution in [-0.2, 0) is 15.0 Å². The number of likely N-dealkylation sites (N-methyl/N-ethyl adjacent to an activating group) is 1. The molecule has 2 aliphatic heterocycles. The minimum atomic E-state index is -3.46. The van der Waals surface area contributed by atoms with Crippen LogP contribution in [0.2, 0.25) is 0 Å². The summed E-state index contributed by atoms with van der Waals surface area (Å²) in [5.41, 5.74) is 4.95. The van der Waals surface area contributed by atoms with Gasteiger partial charge < -0.3 is 20.9 Å². The lowest BCUT2D eigenvalue weighted by Crippen LogP contribution is -2.57. The Morgan fingerprint density at radius 2 is 1.46 bits per heavy atom. The number of amides is 3. The van der Waals surface area contributed by atoms with Gasteiger partial charge in [0.1, 0.15) is 0 Å². The lowest BCUT2D eigenvalue weighted by atomic mass is 10.3. The van der Waals surface area contributed by atoms with Gasteiger partial charge in [0, 0.05) is 65.3 Å². The van der Waals surface area contributed by atoms with Crippen LogP contribution in [0.1, 0.15) is 6.42 Å². The van der Waals surface area contributed by atoms with E-state index in [0.717, 1.165) is 13.1 Å². The van der Waals surface area contributed by atoms with Gasteiger partial charge in [0.25, 0.3) is 10.2 Å². The SMILES string of the molecule is CN1CCN(S(=O)(=O)N2CCN(C(=O)CCNC(N)=O)CC2)CC1. The third-order valence-corrected chi connectivity index (χ3v) is 6.38. The van der Waals surface area contributed by atoms with E-state index in [2.05, 4.69) is 10.2 Å². The van der Waals surface area contributed by atoms with E-state index in [1.807, 2.05) is 7.05 Å². The fraction of sp³-hybridized carbons (Fsp3) is 0.846. The third-order valence-electron chi connectivity index (χ3n) is 4.34. The van der Waals surface area contributed by atoms with E-state index in [1.165, 1.54) is 8.61 Å². The molecule has 24 heavy (non-hydrogen) atoms. The van der Waals surface area contributed by atoms with Crippen molar-refractivity contribution in [2.24, 2.45) is 5.73 Å². The Morgan fingerprint density at radius 3 is 1.96 bits per heavy atom. The van der Waals surface area contributed by atoms with E-state index in [-0.39, 0.29) is 18.9 Å². The lowest BCUT2D eigenvalue weighted by Gasteiger charge is -2.39. The monoisotopic (exact) mass is 362 g/mol. The molecule has 0 atom stereocenters. The Balaban J connectivity index is 1.81. The predicted octanol–water partition coefficient (Wildman–Crippen LogP) is -2.32. The summed E-state index contributed by atoms with van der Waals surface area (Å²) in [5, 5.41) is 2.37. The third kappa shape index (κ3) is 4.79. The average Bonchev–Trinajstić information content (AvgIpc) is 2.55. The fourth-order valence-electron chi connectivity index (χ4n) is 2.80. The molecule has 0 radical (unpaired) electrons. The molecule has 2 aliphatic rings. The smallest absolute Gasteiger partial charge is 0.312 e. The number of rotatable bonds is 5. The molecule has 3 amide bonds. The Kier molecular flexibility index (Phi) is 6.38. The zero-order chi connectivity index (χ0) is 17.7. The van der Waals surface area contributed by atoms with Crippen LogP contribution in [0.25, 0.3) is 0 Å². The highest BCUT2D eigenvalue weighted by atomic mass is 32.2. The van der Waals surface area contributed by atoms with E-state index in [1.54, 1.807) is 4.90 Å². The van der Waals surface area contributed by atoms with Gasteiger partial charge in [0.05, 0.1) is 0 Å². The van der Waals surface area contributed by atoms with Gasteiger partial charge in [-0.3, -0.25) is 4.79 Å². The second-order valence-electron chi connectivity index (χ2n) is 6.03. The molecule has 11 heteroatoms. The Morgan fingerprint density at radius 1 is 0.958 bits per heavy atom. The second-order valence-corrected chi connectivity index (χ2v) is 7.96. The lowest BCUT2D eigenvalue weighted by molar-refractivity contribution is -0.132. The van der Waals surface area contributed by atoms with Crippen LogP contribution in [0.15, 0.2) is 0 Å². The summed E-state index contributed by atoms with van der Waals surface area (Å²) in [7, 11) is -1.48. The highest BCUT2D eigenvalue weighted by Gasteiger charge is 2.34. The minimum absolute atomic E-state index is 0.111. The van der Waals surface area contributed by atoms with E-state index in [0.29, 0.717) is 39.3 Å². The largest absolute Gasteiger partial charge is 0.352 e. The molecule has 0 unspecified atom stereocenters. The van der Waals surface area contributed by atoms with Gasteiger partial charge in [0.2, 0.25) is 5.91 Å². The number of primary amides is 1. The maximum absolute atomic E-state index is 12.6. The van der Waals surface area contributed by atoms with Gasteiger partial charge in [-0.15, -0.1) is 0 Å². The standard InChI is InChI=1S/C13H26N6O4S/c1-16-4-8-18(9-5-16)24(22,23)19-10-6-17(7-11-19)12(20)2-3-15-13(14)21/h2-11H2,1H3,(H3,14,15,21). The van der Waals surface area contributed by atoms with E-state index < -0.39 is 16.2 Å². The fourth-order valence-corrected chi connectivity index (χ4v) is 4.38. The summed E-state index contributed by atoms with van der Waals surface area (Å²) in [4.78, 5) is 26.3. The van der Waals surface area contributed by atoms with Crippen molar-refractivity contribution in [3.8, 4) is 0 Å². The van der Waals surface area contributed by atoms with Crippen LogP contribution in [0.3, 0.4) is 0 Å². The van der Waals surface area contributed by atoms with Crippen molar-refractivity contribution in [2.75, 3.05) is 66.0 Å². The number of nitrogens with zero attached hydrogens (tertiary/aromatic N) is 4. The topological polar surface area (TPSA) is 119 Å². The first-order chi connectivity index (χ1) is 11.3. The maximum Gasteiger partial charge on any atom is 0.312 e. The van der Waals surface area contributed by atoms with Gasteiger partial charge >= 0.3 is 6.03 Å². The molecule has 0 aromatic heterocycles. The maximum atomic E-state index is 12.6. The van der Waals surface area contributed by atoms with Crippen LogP contribution >= 0.6 is 0 Å². The molecule has 2 saturated heterocycles. The van der Waals surface area contributed by atoms with Crippen molar-refractivity contribution in [1.82, 2.24) is 23.7 Å². The molecule has 0 aromatic rings. The van der Waals surface area contributed by atoms with Gasteiger partial charge in [-0.1, -0.05) is 0 Å².